The summed E-state index contributed by atoms with van der Waals surface area (Å²) >= 11 is 0. The standard InChI is InChI=1S/C62H45NO/c1-61(2)51-22-10-8-20-47(51)49-36-34-45(39-55(49)61)63(57-37-31-41-16-6-7-19-46(41)60(57)42-17-4-3-5-18-42)44-32-28-40(29-33-44)43-30-35-50-48-21-9-11-23-52(48)62(56(50)38-43)53-24-12-14-26-58(53)64-59-27-15-13-25-54(59)62/h3-39,48,52H,1-2H3. The molecule has 13 rings (SSSR count). The van der Waals surface area contributed by atoms with Crippen molar-refractivity contribution in [3.05, 3.63) is 258 Å². The summed E-state index contributed by atoms with van der Waals surface area (Å²) in [5, 5.41) is 2.45. The molecule has 4 aliphatic rings. The van der Waals surface area contributed by atoms with Crippen molar-refractivity contribution in [3.8, 4) is 44.9 Å². The number of hydrogen-bond acceptors (Lipinski definition) is 2. The van der Waals surface area contributed by atoms with Crippen LogP contribution in [0.4, 0.5) is 17.1 Å². The molecule has 0 N–H and O–H groups in total. The molecule has 0 saturated heterocycles. The molecule has 2 unspecified atom stereocenters. The highest BCUT2D eigenvalue weighted by molar-refractivity contribution is 6.05. The van der Waals surface area contributed by atoms with Gasteiger partial charge in [-0.1, -0.05) is 190 Å². The number of fused-ring (bicyclic) bond motifs is 13. The van der Waals surface area contributed by atoms with Gasteiger partial charge in [-0.25, -0.2) is 0 Å². The number of ether oxygens (including phenoxy) is 1. The predicted octanol–water partition coefficient (Wildman–Crippen LogP) is 16.2. The third kappa shape index (κ3) is 5.20. The first kappa shape index (κ1) is 36.9. The van der Waals surface area contributed by atoms with E-state index in [1.54, 1.807) is 0 Å². The van der Waals surface area contributed by atoms with Crippen LogP contribution in [0.5, 0.6) is 11.5 Å². The summed E-state index contributed by atoms with van der Waals surface area (Å²) in [6, 6.07) is 74.1. The average molecular weight is 820 g/mol. The highest BCUT2D eigenvalue weighted by Crippen LogP contribution is 2.65. The quantitative estimate of drug-likeness (QED) is 0.171. The number of rotatable bonds is 5. The molecule has 64 heavy (non-hydrogen) atoms. The molecule has 2 nitrogen and oxygen atoms in total. The Morgan fingerprint density at radius 3 is 1.89 bits per heavy atom. The summed E-state index contributed by atoms with van der Waals surface area (Å²) in [5.74, 6) is 2.35. The molecule has 0 amide bonds. The molecule has 9 aromatic rings. The lowest BCUT2D eigenvalue weighted by Gasteiger charge is -2.43. The van der Waals surface area contributed by atoms with E-state index in [1.807, 2.05) is 0 Å². The van der Waals surface area contributed by atoms with Gasteiger partial charge in [-0.2, -0.15) is 0 Å². The molecule has 0 fully saturated rings. The van der Waals surface area contributed by atoms with Gasteiger partial charge in [-0.05, 0) is 109 Å². The Morgan fingerprint density at radius 2 is 1.09 bits per heavy atom. The van der Waals surface area contributed by atoms with Gasteiger partial charge in [0.25, 0.3) is 0 Å². The van der Waals surface area contributed by atoms with Gasteiger partial charge in [0.05, 0.1) is 11.1 Å². The first-order valence-corrected chi connectivity index (χ1v) is 22.6. The van der Waals surface area contributed by atoms with Crippen LogP contribution in [-0.2, 0) is 10.8 Å². The van der Waals surface area contributed by atoms with Crippen LogP contribution in [0, 0.1) is 5.92 Å². The Bertz CT molecular complexity index is 3360. The Labute approximate surface area is 375 Å². The zero-order chi connectivity index (χ0) is 42.6. The van der Waals surface area contributed by atoms with Crippen molar-refractivity contribution in [1.82, 2.24) is 0 Å². The van der Waals surface area contributed by atoms with Crippen molar-refractivity contribution in [2.75, 3.05) is 4.90 Å². The van der Waals surface area contributed by atoms with Crippen LogP contribution >= 0.6 is 0 Å². The van der Waals surface area contributed by atoms with E-state index < -0.39 is 5.41 Å². The number of hydrogen-bond donors (Lipinski definition) is 0. The summed E-state index contributed by atoms with van der Waals surface area (Å²) in [4.78, 5) is 2.48. The SMILES string of the molecule is CC1(C)c2ccccc2-c2ccc(N(c3ccc(-c4ccc5c(c4)C4(c6ccccc6Oc6ccccc64)C4C=CC=CC54)cc3)c3ccc4ccccc4c3-c3ccccc3)cc21. The van der Waals surface area contributed by atoms with Gasteiger partial charge >= 0.3 is 0 Å². The highest BCUT2D eigenvalue weighted by Gasteiger charge is 2.56. The van der Waals surface area contributed by atoms with Crippen LogP contribution in [0.1, 0.15) is 53.1 Å². The molecule has 0 saturated carbocycles. The molecule has 2 atom stereocenters. The summed E-state index contributed by atoms with van der Waals surface area (Å²) in [7, 11) is 0. The van der Waals surface area contributed by atoms with Crippen LogP contribution in [0.3, 0.4) is 0 Å². The Kier molecular flexibility index (Phi) is 8.03. The maximum absolute atomic E-state index is 6.65. The number of benzene rings is 9. The fourth-order valence-corrected chi connectivity index (χ4v) is 12.0. The van der Waals surface area contributed by atoms with Crippen molar-refractivity contribution in [1.29, 1.82) is 0 Å². The molecule has 0 bridgehead atoms. The largest absolute Gasteiger partial charge is 0.457 e. The maximum Gasteiger partial charge on any atom is 0.131 e. The van der Waals surface area contributed by atoms with Crippen LogP contribution in [0.2, 0.25) is 0 Å². The smallest absolute Gasteiger partial charge is 0.131 e. The minimum atomic E-state index is -0.398. The van der Waals surface area contributed by atoms with Crippen molar-refractivity contribution in [3.63, 3.8) is 0 Å². The van der Waals surface area contributed by atoms with Gasteiger partial charge in [0.15, 0.2) is 0 Å². The molecule has 0 radical (unpaired) electrons. The number of allylic oxidation sites excluding steroid dienone is 4. The molecular formula is C62H45NO. The second-order valence-corrected chi connectivity index (χ2v) is 18.4. The van der Waals surface area contributed by atoms with Crippen LogP contribution < -0.4 is 9.64 Å². The van der Waals surface area contributed by atoms with E-state index in [-0.39, 0.29) is 17.3 Å². The van der Waals surface area contributed by atoms with Crippen LogP contribution in [0.25, 0.3) is 44.2 Å². The predicted molar refractivity (Wildman–Crippen MR) is 264 cm³/mol. The Hall–Kier alpha value is -7.68. The third-order valence-corrected chi connectivity index (χ3v) is 14.8. The van der Waals surface area contributed by atoms with Gasteiger partial charge in [-0.3, -0.25) is 0 Å². The Balaban J connectivity index is 0.990. The topological polar surface area (TPSA) is 12.5 Å². The van der Waals surface area contributed by atoms with Gasteiger partial charge in [0.2, 0.25) is 0 Å². The molecule has 1 aliphatic heterocycles. The first-order valence-electron chi connectivity index (χ1n) is 22.6. The van der Waals surface area contributed by atoms with Crippen molar-refractivity contribution < 1.29 is 4.74 Å². The molecule has 304 valence electrons. The summed E-state index contributed by atoms with van der Waals surface area (Å²) in [5.41, 5.74) is 18.2. The van der Waals surface area contributed by atoms with Gasteiger partial charge < -0.3 is 9.64 Å². The maximum atomic E-state index is 6.65. The van der Waals surface area contributed by atoms with E-state index >= 15 is 0 Å². The molecule has 2 heteroatoms. The lowest BCUT2D eigenvalue weighted by atomic mass is 9.62. The lowest BCUT2D eigenvalue weighted by Crippen LogP contribution is -2.37. The molecule has 1 spiro atoms. The summed E-state index contributed by atoms with van der Waals surface area (Å²) in [6.45, 7) is 4.73. The highest BCUT2D eigenvalue weighted by atomic mass is 16.5. The van der Waals surface area contributed by atoms with E-state index in [0.29, 0.717) is 0 Å². The van der Waals surface area contributed by atoms with Gasteiger partial charge in [-0.15, -0.1) is 0 Å². The zero-order valence-corrected chi connectivity index (χ0v) is 35.9. The van der Waals surface area contributed by atoms with Gasteiger partial charge in [0, 0.05) is 45.3 Å². The molecule has 1 heterocycles. The minimum Gasteiger partial charge on any atom is -0.457 e. The monoisotopic (exact) mass is 819 g/mol. The van der Waals surface area contributed by atoms with Crippen molar-refractivity contribution in [2.24, 2.45) is 5.92 Å². The fraction of sp³-hybridized carbons (Fsp3) is 0.0968. The van der Waals surface area contributed by atoms with E-state index in [0.717, 1.165) is 28.6 Å². The van der Waals surface area contributed by atoms with E-state index in [1.165, 1.54) is 77.5 Å². The molecule has 3 aliphatic carbocycles. The number of anilines is 3. The molecular weight excluding hydrogens is 775 g/mol. The fourth-order valence-electron chi connectivity index (χ4n) is 12.0. The van der Waals surface area contributed by atoms with E-state index in [2.05, 4.69) is 243 Å². The van der Waals surface area contributed by atoms with Crippen LogP contribution in [0.15, 0.2) is 224 Å². The second-order valence-electron chi connectivity index (χ2n) is 18.4. The van der Waals surface area contributed by atoms with Gasteiger partial charge in [0.1, 0.15) is 11.5 Å². The molecule has 9 aromatic carbocycles. The number of nitrogens with zero attached hydrogens (tertiary/aromatic N) is 1. The molecule has 0 aromatic heterocycles. The normalized spacial score (nSPS) is 17.5. The Morgan fingerprint density at radius 1 is 0.453 bits per heavy atom. The zero-order valence-electron chi connectivity index (χ0n) is 35.9. The summed E-state index contributed by atoms with van der Waals surface area (Å²) < 4.78 is 6.65. The van der Waals surface area contributed by atoms with E-state index in [9.17, 15) is 0 Å². The second kappa shape index (κ2) is 13.9. The first-order chi connectivity index (χ1) is 31.5. The third-order valence-electron chi connectivity index (χ3n) is 14.8. The van der Waals surface area contributed by atoms with Crippen LogP contribution in [-0.4, -0.2) is 0 Å². The summed E-state index contributed by atoms with van der Waals surface area (Å²) in [6.07, 6.45) is 9.29. The minimum absolute atomic E-state index is 0.136. The number of para-hydroxylation sites is 2. The van der Waals surface area contributed by atoms with E-state index in [4.69, 9.17) is 4.74 Å². The average Bonchev–Trinajstić information content (AvgIpc) is 3.76. The van der Waals surface area contributed by atoms with Crippen molar-refractivity contribution >= 4 is 27.8 Å². The lowest BCUT2D eigenvalue weighted by molar-refractivity contribution is 0.374. The van der Waals surface area contributed by atoms with Crippen molar-refractivity contribution in [2.45, 2.75) is 30.6 Å².